The fourth-order valence-corrected chi connectivity index (χ4v) is 3.76. The van der Waals surface area contributed by atoms with E-state index in [9.17, 15) is 4.79 Å². The first-order valence-electron chi connectivity index (χ1n) is 7.85. The maximum atomic E-state index is 12.9. The Bertz CT molecular complexity index is 569. The van der Waals surface area contributed by atoms with Crippen molar-refractivity contribution in [1.29, 1.82) is 0 Å². The lowest BCUT2D eigenvalue weighted by molar-refractivity contribution is 0.0739. The van der Waals surface area contributed by atoms with Gasteiger partial charge in [0.05, 0.1) is 0 Å². The van der Waals surface area contributed by atoms with Crippen LogP contribution in [-0.2, 0) is 0 Å². The van der Waals surface area contributed by atoms with Gasteiger partial charge in [0.25, 0.3) is 5.91 Å². The number of anilines is 1. The molecule has 0 aromatic heterocycles. The van der Waals surface area contributed by atoms with Crippen LogP contribution in [0.4, 0.5) is 5.69 Å². The molecule has 0 radical (unpaired) electrons. The van der Waals surface area contributed by atoms with Gasteiger partial charge in [-0.1, -0.05) is 6.07 Å². The lowest BCUT2D eigenvalue weighted by atomic mass is 10.0. The maximum absolute atomic E-state index is 12.9. The Balaban J connectivity index is 1.84. The van der Waals surface area contributed by atoms with E-state index in [4.69, 9.17) is 5.73 Å². The molecule has 2 aliphatic rings. The molecule has 0 aliphatic carbocycles. The molecule has 2 heterocycles. The summed E-state index contributed by atoms with van der Waals surface area (Å²) in [6, 6.07) is 5.03. The summed E-state index contributed by atoms with van der Waals surface area (Å²) >= 11 is 0. The summed E-state index contributed by atoms with van der Waals surface area (Å²) in [6.07, 6.45) is 3.57. The van der Waals surface area contributed by atoms with Crippen molar-refractivity contribution in [2.45, 2.75) is 45.2 Å². The number of benzene rings is 1. The van der Waals surface area contributed by atoms with E-state index < -0.39 is 0 Å². The van der Waals surface area contributed by atoms with Gasteiger partial charge in [-0.15, -0.1) is 0 Å². The molecule has 4 nitrogen and oxygen atoms in total. The lowest BCUT2D eigenvalue weighted by Crippen LogP contribution is -2.40. The third kappa shape index (κ3) is 2.53. The van der Waals surface area contributed by atoms with Crippen LogP contribution in [0.1, 0.15) is 40.7 Å². The fraction of sp³-hybridized carbons (Fsp3) is 0.588. The SMILES string of the molecule is Cc1cc(C)c(C(=O)N2CCC3CCC(C2)N3C)cc1N. The fourth-order valence-electron chi connectivity index (χ4n) is 3.76. The molecule has 21 heavy (non-hydrogen) atoms. The normalized spacial score (nSPS) is 26.0. The largest absolute Gasteiger partial charge is 0.398 e. The summed E-state index contributed by atoms with van der Waals surface area (Å²) in [4.78, 5) is 17.4. The molecule has 2 N–H and O–H groups in total. The molecule has 1 aromatic rings. The predicted molar refractivity (Wildman–Crippen MR) is 85.4 cm³/mol. The zero-order chi connectivity index (χ0) is 15.1. The van der Waals surface area contributed by atoms with E-state index in [-0.39, 0.29) is 5.91 Å². The van der Waals surface area contributed by atoms with Crippen LogP contribution in [0, 0.1) is 13.8 Å². The highest BCUT2D eigenvalue weighted by Crippen LogP contribution is 2.29. The number of amides is 1. The number of nitrogens with zero attached hydrogens (tertiary/aromatic N) is 2. The number of likely N-dealkylation sites (N-methyl/N-ethyl adjacent to an activating group) is 1. The third-order valence-electron chi connectivity index (χ3n) is 5.28. The van der Waals surface area contributed by atoms with Gasteiger partial charge in [-0.2, -0.15) is 0 Å². The monoisotopic (exact) mass is 287 g/mol. The molecule has 0 spiro atoms. The molecule has 2 saturated heterocycles. The molecule has 1 amide bonds. The highest BCUT2D eigenvalue weighted by Gasteiger charge is 2.36. The Hall–Kier alpha value is -1.55. The van der Waals surface area contributed by atoms with Crippen LogP contribution in [-0.4, -0.2) is 47.9 Å². The van der Waals surface area contributed by atoms with Crippen molar-refractivity contribution in [2.24, 2.45) is 0 Å². The number of likely N-dealkylation sites (tertiary alicyclic amines) is 1. The third-order valence-corrected chi connectivity index (χ3v) is 5.28. The molecule has 2 fully saturated rings. The van der Waals surface area contributed by atoms with Crippen molar-refractivity contribution in [3.8, 4) is 0 Å². The van der Waals surface area contributed by atoms with Crippen LogP contribution >= 0.6 is 0 Å². The van der Waals surface area contributed by atoms with E-state index in [1.54, 1.807) is 0 Å². The Kier molecular flexibility index (Phi) is 3.66. The van der Waals surface area contributed by atoms with Crippen LogP contribution < -0.4 is 5.73 Å². The van der Waals surface area contributed by atoms with Gasteiger partial charge < -0.3 is 10.6 Å². The van der Waals surface area contributed by atoms with Crippen LogP contribution in [0.3, 0.4) is 0 Å². The molecule has 1 aromatic carbocycles. The minimum atomic E-state index is 0.139. The first-order chi connectivity index (χ1) is 9.97. The number of carbonyl (C=O) groups is 1. The van der Waals surface area contributed by atoms with Gasteiger partial charge >= 0.3 is 0 Å². The van der Waals surface area contributed by atoms with Crippen molar-refractivity contribution in [3.05, 3.63) is 28.8 Å². The van der Waals surface area contributed by atoms with E-state index in [2.05, 4.69) is 11.9 Å². The summed E-state index contributed by atoms with van der Waals surface area (Å²) in [7, 11) is 2.20. The van der Waals surface area contributed by atoms with Gasteiger partial charge in [-0.05, 0) is 57.4 Å². The molecule has 0 saturated carbocycles. The molecule has 2 bridgehead atoms. The molecular formula is C17H25N3O. The second-order valence-corrected chi connectivity index (χ2v) is 6.61. The number of carbonyl (C=O) groups excluding carboxylic acids is 1. The average molecular weight is 287 g/mol. The molecule has 2 aliphatic heterocycles. The number of fused-ring (bicyclic) bond motifs is 2. The van der Waals surface area contributed by atoms with E-state index in [0.29, 0.717) is 17.8 Å². The van der Waals surface area contributed by atoms with Crippen molar-refractivity contribution in [2.75, 3.05) is 25.9 Å². The van der Waals surface area contributed by atoms with Crippen LogP contribution in [0.5, 0.6) is 0 Å². The minimum Gasteiger partial charge on any atom is -0.398 e. The summed E-state index contributed by atoms with van der Waals surface area (Å²) in [5, 5.41) is 0. The number of hydrogen-bond donors (Lipinski definition) is 1. The average Bonchev–Trinajstić information content (AvgIpc) is 2.67. The molecular weight excluding hydrogens is 262 g/mol. The number of nitrogens with two attached hydrogens (primary N) is 1. The molecule has 114 valence electrons. The number of aryl methyl sites for hydroxylation is 2. The van der Waals surface area contributed by atoms with Gasteiger partial charge in [0.2, 0.25) is 0 Å². The van der Waals surface area contributed by atoms with Gasteiger partial charge in [0.1, 0.15) is 0 Å². The standard InChI is InChI=1S/C17H25N3O/c1-11-8-12(2)16(18)9-15(11)17(21)20-7-6-13-4-5-14(10-20)19(13)3/h8-9,13-14H,4-7,10,18H2,1-3H3. The first-order valence-corrected chi connectivity index (χ1v) is 7.85. The van der Waals surface area contributed by atoms with Crippen molar-refractivity contribution in [3.63, 3.8) is 0 Å². The predicted octanol–water partition coefficient (Wildman–Crippen LogP) is 2.19. The topological polar surface area (TPSA) is 49.6 Å². The van der Waals surface area contributed by atoms with Crippen molar-refractivity contribution >= 4 is 11.6 Å². The van der Waals surface area contributed by atoms with Crippen LogP contribution in [0.25, 0.3) is 0 Å². The second-order valence-electron chi connectivity index (χ2n) is 6.61. The van der Waals surface area contributed by atoms with E-state index in [1.807, 2.05) is 30.9 Å². The molecule has 2 atom stereocenters. The molecule has 2 unspecified atom stereocenters. The molecule has 3 rings (SSSR count). The number of rotatable bonds is 1. The minimum absolute atomic E-state index is 0.139. The first kappa shape index (κ1) is 14.4. The van der Waals surface area contributed by atoms with Gasteiger partial charge in [0, 0.05) is 36.4 Å². The Morgan fingerprint density at radius 2 is 1.86 bits per heavy atom. The number of hydrogen-bond acceptors (Lipinski definition) is 3. The van der Waals surface area contributed by atoms with Gasteiger partial charge in [-0.3, -0.25) is 9.69 Å². The van der Waals surface area contributed by atoms with Crippen LogP contribution in [0.15, 0.2) is 12.1 Å². The number of nitrogen functional groups attached to an aromatic ring is 1. The van der Waals surface area contributed by atoms with E-state index >= 15 is 0 Å². The van der Waals surface area contributed by atoms with Crippen molar-refractivity contribution in [1.82, 2.24) is 9.80 Å². The van der Waals surface area contributed by atoms with Crippen LogP contribution in [0.2, 0.25) is 0 Å². The highest BCUT2D eigenvalue weighted by atomic mass is 16.2. The Labute approximate surface area is 126 Å². The van der Waals surface area contributed by atoms with Gasteiger partial charge in [-0.25, -0.2) is 0 Å². The lowest BCUT2D eigenvalue weighted by Gasteiger charge is -2.26. The molecule has 4 heteroatoms. The zero-order valence-corrected chi connectivity index (χ0v) is 13.2. The van der Waals surface area contributed by atoms with Crippen molar-refractivity contribution < 1.29 is 4.79 Å². The highest BCUT2D eigenvalue weighted by molar-refractivity contribution is 5.96. The summed E-state index contributed by atoms with van der Waals surface area (Å²) in [6.45, 7) is 5.68. The quantitative estimate of drug-likeness (QED) is 0.806. The van der Waals surface area contributed by atoms with E-state index in [0.717, 1.165) is 36.2 Å². The summed E-state index contributed by atoms with van der Waals surface area (Å²) < 4.78 is 0. The van der Waals surface area contributed by atoms with Gasteiger partial charge in [0.15, 0.2) is 0 Å². The van der Waals surface area contributed by atoms with E-state index in [1.165, 1.54) is 12.8 Å². The summed E-state index contributed by atoms with van der Waals surface area (Å²) in [5.41, 5.74) is 9.52. The summed E-state index contributed by atoms with van der Waals surface area (Å²) in [5.74, 6) is 0.139. The second kappa shape index (κ2) is 5.34. The zero-order valence-electron chi connectivity index (χ0n) is 13.2. The maximum Gasteiger partial charge on any atom is 0.254 e. The Morgan fingerprint density at radius 3 is 2.62 bits per heavy atom. The Morgan fingerprint density at radius 1 is 1.14 bits per heavy atom. The smallest absolute Gasteiger partial charge is 0.254 e.